The zero-order chi connectivity index (χ0) is 11.1. The first kappa shape index (κ1) is 12.1. The van der Waals surface area contributed by atoms with E-state index in [0.717, 1.165) is 11.6 Å². The summed E-state index contributed by atoms with van der Waals surface area (Å²) in [6.45, 7) is 4.11. The molecule has 0 saturated carbocycles. The molecule has 82 valence electrons. The van der Waals surface area contributed by atoms with Crippen molar-refractivity contribution in [3.63, 3.8) is 0 Å². The van der Waals surface area contributed by atoms with Gasteiger partial charge in [-0.05, 0) is 32.5 Å². The number of nitrogens with zero attached hydrogens (tertiary/aromatic N) is 1. The summed E-state index contributed by atoms with van der Waals surface area (Å²) in [7, 11) is 0. The largest absolute Gasteiger partial charge is 0.360 e. The first-order valence-electron chi connectivity index (χ1n) is 4.80. The van der Waals surface area contributed by atoms with Crippen molar-refractivity contribution in [3.8, 4) is 0 Å². The normalized spacial score (nSPS) is 12.7. The van der Waals surface area contributed by atoms with E-state index in [0.29, 0.717) is 11.2 Å². The molecule has 2 N–H and O–H groups in total. The number of thiazole rings is 1. The predicted molar refractivity (Wildman–Crippen MR) is 70.4 cm³/mol. The van der Waals surface area contributed by atoms with Crippen LogP contribution < -0.4 is 10.6 Å². The van der Waals surface area contributed by atoms with Gasteiger partial charge in [0.1, 0.15) is 0 Å². The summed E-state index contributed by atoms with van der Waals surface area (Å²) < 4.78 is 0. The molecule has 1 aromatic heterocycles. The average molecular weight is 241 g/mol. The Morgan fingerprint density at radius 2 is 2.53 bits per heavy atom. The molecule has 0 amide bonds. The molecule has 5 heteroatoms. The molecule has 0 aliphatic heterocycles. The minimum absolute atomic E-state index is 0.334. The second-order valence-corrected chi connectivity index (χ2v) is 4.44. The van der Waals surface area contributed by atoms with E-state index in [1.807, 2.05) is 18.4 Å². The van der Waals surface area contributed by atoms with E-state index in [-0.39, 0.29) is 0 Å². The lowest BCUT2D eigenvalue weighted by Crippen LogP contribution is -2.35. The Morgan fingerprint density at radius 1 is 1.73 bits per heavy atom. The van der Waals surface area contributed by atoms with E-state index < -0.39 is 0 Å². The van der Waals surface area contributed by atoms with Crippen LogP contribution in [0.25, 0.3) is 0 Å². The Balaban J connectivity index is 2.29. The minimum atomic E-state index is 0.334. The average Bonchev–Trinajstić information content (AvgIpc) is 2.67. The maximum atomic E-state index is 5.15. The predicted octanol–water partition coefficient (Wildman–Crippen LogP) is 2.78. The fourth-order valence-electron chi connectivity index (χ4n) is 1.04. The molecule has 1 unspecified atom stereocenters. The van der Waals surface area contributed by atoms with Crippen molar-refractivity contribution in [1.29, 1.82) is 0 Å². The highest BCUT2D eigenvalue weighted by atomic mass is 32.1. The maximum absolute atomic E-state index is 5.15. The quantitative estimate of drug-likeness (QED) is 0.628. The highest BCUT2D eigenvalue weighted by Gasteiger charge is 2.03. The Hall–Kier alpha value is -0.940. The van der Waals surface area contributed by atoms with Crippen molar-refractivity contribution in [2.45, 2.75) is 26.3 Å². The lowest BCUT2D eigenvalue weighted by Gasteiger charge is -2.14. The fourth-order valence-corrected chi connectivity index (χ4v) is 1.94. The van der Waals surface area contributed by atoms with Crippen molar-refractivity contribution in [2.75, 3.05) is 5.32 Å². The monoisotopic (exact) mass is 241 g/mol. The number of thiocarbonyl (C=S) groups is 1. The van der Waals surface area contributed by atoms with Crippen LogP contribution in [0, 0.1) is 0 Å². The fraction of sp³-hybridized carbons (Fsp3) is 0.400. The third kappa shape index (κ3) is 4.90. The van der Waals surface area contributed by atoms with Crippen molar-refractivity contribution in [3.05, 3.63) is 23.7 Å². The van der Waals surface area contributed by atoms with Crippen LogP contribution in [-0.2, 0) is 0 Å². The zero-order valence-electron chi connectivity index (χ0n) is 8.86. The van der Waals surface area contributed by atoms with Gasteiger partial charge in [-0.3, -0.25) is 0 Å². The Labute approximate surface area is 99.6 Å². The van der Waals surface area contributed by atoms with Crippen LogP contribution in [0.15, 0.2) is 23.7 Å². The Kier molecular flexibility index (Phi) is 5.28. The van der Waals surface area contributed by atoms with Gasteiger partial charge in [-0.1, -0.05) is 12.2 Å². The summed E-state index contributed by atoms with van der Waals surface area (Å²) in [6.07, 6.45) is 6.87. The molecule has 0 aliphatic rings. The lowest BCUT2D eigenvalue weighted by molar-refractivity contribution is 0.678. The standard InChI is InChI=1S/C10H15N3S2/c1-3-4-5-8(2)12-9(14)13-10-11-6-7-15-10/h3-4,6-8H,5H2,1-2H3,(H2,11,12,13,14). The van der Waals surface area contributed by atoms with E-state index in [4.69, 9.17) is 12.2 Å². The van der Waals surface area contributed by atoms with Gasteiger partial charge in [-0.25, -0.2) is 4.98 Å². The molecular formula is C10H15N3S2. The molecule has 0 aliphatic carbocycles. The second-order valence-electron chi connectivity index (χ2n) is 3.14. The highest BCUT2D eigenvalue weighted by molar-refractivity contribution is 7.80. The number of rotatable bonds is 4. The number of anilines is 1. The van der Waals surface area contributed by atoms with Crippen LogP contribution in [0.5, 0.6) is 0 Å². The number of nitrogens with one attached hydrogen (secondary N) is 2. The first-order valence-corrected chi connectivity index (χ1v) is 6.09. The van der Waals surface area contributed by atoms with E-state index in [2.05, 4.69) is 28.6 Å². The molecule has 15 heavy (non-hydrogen) atoms. The van der Waals surface area contributed by atoms with Crippen LogP contribution in [0.2, 0.25) is 0 Å². The zero-order valence-corrected chi connectivity index (χ0v) is 10.5. The number of hydrogen-bond acceptors (Lipinski definition) is 3. The summed E-state index contributed by atoms with van der Waals surface area (Å²) in [5.74, 6) is 0. The third-order valence-corrected chi connectivity index (χ3v) is 2.66. The SMILES string of the molecule is CC=CCC(C)NC(=S)Nc1nccs1. The van der Waals surface area contributed by atoms with Gasteiger partial charge in [0.05, 0.1) is 0 Å². The molecule has 0 bridgehead atoms. The van der Waals surface area contributed by atoms with Crippen molar-refractivity contribution in [1.82, 2.24) is 10.3 Å². The highest BCUT2D eigenvalue weighted by Crippen LogP contribution is 2.09. The summed E-state index contributed by atoms with van der Waals surface area (Å²) in [5, 5.41) is 9.58. The van der Waals surface area contributed by atoms with Crippen LogP contribution in [0.1, 0.15) is 20.3 Å². The van der Waals surface area contributed by atoms with Crippen LogP contribution in [-0.4, -0.2) is 16.1 Å². The molecule has 0 spiro atoms. The summed E-state index contributed by atoms with van der Waals surface area (Å²) in [6, 6.07) is 0.334. The second kappa shape index (κ2) is 6.53. The summed E-state index contributed by atoms with van der Waals surface area (Å²) in [5.41, 5.74) is 0. The molecule has 1 heterocycles. The van der Waals surface area contributed by atoms with E-state index >= 15 is 0 Å². The smallest absolute Gasteiger partial charge is 0.188 e. The van der Waals surface area contributed by atoms with E-state index in [1.165, 1.54) is 11.3 Å². The molecule has 3 nitrogen and oxygen atoms in total. The van der Waals surface area contributed by atoms with Gasteiger partial charge >= 0.3 is 0 Å². The third-order valence-electron chi connectivity index (χ3n) is 1.76. The maximum Gasteiger partial charge on any atom is 0.188 e. The van der Waals surface area contributed by atoms with Crippen molar-refractivity contribution < 1.29 is 0 Å². The Morgan fingerprint density at radius 3 is 3.13 bits per heavy atom. The van der Waals surface area contributed by atoms with Gasteiger partial charge < -0.3 is 10.6 Å². The Bertz CT molecular complexity index is 319. The first-order chi connectivity index (χ1) is 7.22. The molecule has 1 atom stereocenters. The van der Waals surface area contributed by atoms with E-state index in [1.54, 1.807) is 6.20 Å². The lowest BCUT2D eigenvalue weighted by atomic mass is 10.2. The molecule has 1 aromatic rings. The number of allylic oxidation sites excluding steroid dienone is 1. The molecule has 0 aromatic carbocycles. The minimum Gasteiger partial charge on any atom is -0.360 e. The van der Waals surface area contributed by atoms with Gasteiger partial charge in [0.15, 0.2) is 10.2 Å². The molecule has 0 fully saturated rings. The topological polar surface area (TPSA) is 37.0 Å². The van der Waals surface area contributed by atoms with Crippen LogP contribution in [0.4, 0.5) is 5.13 Å². The molecule has 1 rings (SSSR count). The van der Waals surface area contributed by atoms with Crippen molar-refractivity contribution >= 4 is 33.8 Å². The van der Waals surface area contributed by atoms with Crippen LogP contribution >= 0.6 is 23.6 Å². The number of hydrogen-bond donors (Lipinski definition) is 2. The molecule has 0 saturated heterocycles. The van der Waals surface area contributed by atoms with Gasteiger partial charge in [-0.2, -0.15) is 0 Å². The summed E-state index contributed by atoms with van der Waals surface area (Å²) >= 11 is 6.68. The van der Waals surface area contributed by atoms with Gasteiger partial charge in [0.25, 0.3) is 0 Å². The molecule has 0 radical (unpaired) electrons. The summed E-state index contributed by atoms with van der Waals surface area (Å²) in [4.78, 5) is 4.09. The number of aromatic nitrogens is 1. The van der Waals surface area contributed by atoms with Gasteiger partial charge in [0.2, 0.25) is 0 Å². The van der Waals surface area contributed by atoms with Gasteiger partial charge in [0, 0.05) is 17.6 Å². The van der Waals surface area contributed by atoms with Crippen LogP contribution in [0.3, 0.4) is 0 Å². The molecular weight excluding hydrogens is 226 g/mol. The van der Waals surface area contributed by atoms with Gasteiger partial charge in [-0.15, -0.1) is 11.3 Å². The van der Waals surface area contributed by atoms with E-state index in [9.17, 15) is 0 Å². The van der Waals surface area contributed by atoms with Crippen molar-refractivity contribution in [2.24, 2.45) is 0 Å².